The Bertz CT molecular complexity index is 315. The molecule has 1 aromatic rings. The molecule has 1 heterocycles. The number of nitrogens with zero attached hydrogens (tertiary/aromatic N) is 1. The molecule has 13 heavy (non-hydrogen) atoms. The van der Waals surface area contributed by atoms with E-state index in [0.717, 1.165) is 0 Å². The van der Waals surface area contributed by atoms with Crippen LogP contribution in [0.2, 0.25) is 0 Å². The van der Waals surface area contributed by atoms with E-state index >= 15 is 0 Å². The summed E-state index contributed by atoms with van der Waals surface area (Å²) < 4.78 is 23.8. The zero-order chi connectivity index (χ0) is 9.84. The van der Waals surface area contributed by atoms with Crippen LogP contribution in [0.5, 0.6) is 0 Å². The maximum atomic E-state index is 11.9. The number of carbonyl (C=O) groups is 1. The number of hydrogen-bond acceptors (Lipinski definition) is 2. The van der Waals surface area contributed by atoms with Crippen LogP contribution in [0.1, 0.15) is 15.9 Å². The second kappa shape index (κ2) is 3.93. The number of primary amides is 1. The third-order valence-corrected chi connectivity index (χ3v) is 1.47. The fourth-order valence-corrected chi connectivity index (χ4v) is 0.912. The van der Waals surface area contributed by atoms with Gasteiger partial charge in [-0.2, -0.15) is 0 Å². The van der Waals surface area contributed by atoms with Gasteiger partial charge in [0.25, 0.3) is 0 Å². The number of aromatic nitrogens is 1. The molecule has 1 rings (SSSR count). The predicted molar refractivity (Wildman–Crippen MR) is 42.5 cm³/mol. The first kappa shape index (κ1) is 9.57. The van der Waals surface area contributed by atoms with E-state index in [4.69, 9.17) is 5.73 Å². The number of carbonyl (C=O) groups excluding carboxylic acids is 1. The Morgan fingerprint density at radius 1 is 1.54 bits per heavy atom. The quantitative estimate of drug-likeness (QED) is 0.765. The highest BCUT2D eigenvalue weighted by Crippen LogP contribution is 2.07. The van der Waals surface area contributed by atoms with Gasteiger partial charge in [-0.05, 0) is 11.6 Å². The first-order valence-electron chi connectivity index (χ1n) is 3.61. The average Bonchev–Trinajstić information content (AvgIpc) is 2.03. The van der Waals surface area contributed by atoms with Crippen molar-refractivity contribution < 1.29 is 13.6 Å². The Kier molecular flexibility index (Phi) is 2.89. The van der Waals surface area contributed by atoms with Gasteiger partial charge in [-0.25, -0.2) is 8.78 Å². The highest BCUT2D eigenvalue weighted by atomic mass is 19.3. The van der Waals surface area contributed by atoms with E-state index < -0.39 is 18.8 Å². The van der Waals surface area contributed by atoms with Gasteiger partial charge in [0, 0.05) is 18.8 Å². The van der Waals surface area contributed by atoms with Crippen LogP contribution in [0.25, 0.3) is 0 Å². The summed E-state index contributed by atoms with van der Waals surface area (Å²) in [5, 5.41) is 0. The second-order valence-electron chi connectivity index (χ2n) is 2.54. The van der Waals surface area contributed by atoms with Gasteiger partial charge in [-0.3, -0.25) is 9.78 Å². The van der Waals surface area contributed by atoms with Crippen molar-refractivity contribution in [1.82, 2.24) is 4.98 Å². The molecule has 1 aromatic heterocycles. The molecule has 0 atom stereocenters. The van der Waals surface area contributed by atoms with Crippen LogP contribution in [0.15, 0.2) is 18.5 Å². The molecule has 0 unspecified atom stereocenters. The number of halogens is 2. The fraction of sp³-hybridized carbons (Fsp3) is 0.250. The van der Waals surface area contributed by atoms with E-state index in [2.05, 4.69) is 4.98 Å². The molecule has 0 aliphatic rings. The van der Waals surface area contributed by atoms with E-state index in [1.54, 1.807) is 0 Å². The van der Waals surface area contributed by atoms with Crippen molar-refractivity contribution in [2.75, 3.05) is 0 Å². The smallest absolute Gasteiger partial charge is 0.250 e. The van der Waals surface area contributed by atoms with Crippen molar-refractivity contribution in [3.8, 4) is 0 Å². The zero-order valence-electron chi connectivity index (χ0n) is 6.71. The van der Waals surface area contributed by atoms with Gasteiger partial charge in [-0.15, -0.1) is 0 Å². The van der Waals surface area contributed by atoms with E-state index in [1.165, 1.54) is 18.5 Å². The third kappa shape index (κ3) is 2.77. The summed E-state index contributed by atoms with van der Waals surface area (Å²) in [5.41, 5.74) is 5.41. The number of nitrogens with two attached hydrogens (primary N) is 1. The summed E-state index contributed by atoms with van der Waals surface area (Å²) in [7, 11) is 0. The third-order valence-electron chi connectivity index (χ3n) is 1.47. The van der Waals surface area contributed by atoms with Crippen molar-refractivity contribution >= 4 is 5.91 Å². The second-order valence-corrected chi connectivity index (χ2v) is 2.54. The summed E-state index contributed by atoms with van der Waals surface area (Å²) in [6.07, 6.45) is -0.311. The number of pyridine rings is 1. The van der Waals surface area contributed by atoms with Crippen LogP contribution in [0.3, 0.4) is 0 Å². The van der Waals surface area contributed by atoms with Crippen molar-refractivity contribution in [3.63, 3.8) is 0 Å². The van der Waals surface area contributed by atoms with Crippen molar-refractivity contribution in [2.45, 2.75) is 12.8 Å². The minimum atomic E-state index is -2.44. The topological polar surface area (TPSA) is 56.0 Å². The SMILES string of the molecule is NC(=O)c1cncc(CC(F)F)c1. The standard InChI is InChI=1S/C8H8F2N2O/c9-7(10)2-5-1-6(8(11)13)4-12-3-5/h1,3-4,7H,2H2,(H2,11,13). The lowest BCUT2D eigenvalue weighted by molar-refractivity contribution is 0.0999. The van der Waals surface area contributed by atoms with E-state index in [-0.39, 0.29) is 5.56 Å². The Morgan fingerprint density at radius 2 is 2.23 bits per heavy atom. The summed E-state index contributed by atoms with van der Waals surface area (Å²) in [4.78, 5) is 14.3. The molecule has 0 aliphatic carbocycles. The van der Waals surface area contributed by atoms with Crippen molar-refractivity contribution in [1.29, 1.82) is 0 Å². The van der Waals surface area contributed by atoms with Crippen LogP contribution < -0.4 is 5.73 Å². The highest BCUT2D eigenvalue weighted by Gasteiger charge is 2.07. The molecule has 0 fully saturated rings. The molecule has 0 radical (unpaired) electrons. The normalized spacial score (nSPS) is 10.4. The van der Waals surface area contributed by atoms with Gasteiger partial charge in [-0.1, -0.05) is 0 Å². The molecular weight excluding hydrogens is 178 g/mol. The minimum absolute atomic E-state index is 0.151. The van der Waals surface area contributed by atoms with Gasteiger partial charge < -0.3 is 5.73 Å². The first-order chi connectivity index (χ1) is 6.09. The molecule has 0 aliphatic heterocycles. The molecule has 0 saturated heterocycles. The Hall–Kier alpha value is -1.52. The van der Waals surface area contributed by atoms with Crippen molar-refractivity contribution in [3.05, 3.63) is 29.6 Å². The van der Waals surface area contributed by atoms with Gasteiger partial charge in [0.2, 0.25) is 12.3 Å². The molecule has 0 saturated carbocycles. The van der Waals surface area contributed by atoms with E-state index in [1.807, 2.05) is 0 Å². The number of rotatable bonds is 3. The lowest BCUT2D eigenvalue weighted by atomic mass is 10.1. The fourth-order valence-electron chi connectivity index (χ4n) is 0.912. The van der Waals surface area contributed by atoms with E-state index in [0.29, 0.717) is 5.56 Å². The van der Waals surface area contributed by atoms with Crippen LogP contribution >= 0.6 is 0 Å². The number of amides is 1. The van der Waals surface area contributed by atoms with E-state index in [9.17, 15) is 13.6 Å². The maximum Gasteiger partial charge on any atom is 0.250 e. The van der Waals surface area contributed by atoms with Crippen molar-refractivity contribution in [2.24, 2.45) is 5.73 Å². The average molecular weight is 186 g/mol. The first-order valence-corrected chi connectivity index (χ1v) is 3.61. The summed E-state index contributed by atoms with van der Waals surface area (Å²) in [5.74, 6) is -0.663. The molecule has 0 spiro atoms. The lowest BCUT2D eigenvalue weighted by Gasteiger charge is -2.00. The Morgan fingerprint density at radius 3 is 2.77 bits per heavy atom. The predicted octanol–water partition coefficient (Wildman–Crippen LogP) is 0.988. The van der Waals surface area contributed by atoms with Crippen LogP contribution in [-0.2, 0) is 6.42 Å². The lowest BCUT2D eigenvalue weighted by Crippen LogP contribution is -2.12. The molecule has 1 amide bonds. The molecule has 5 heteroatoms. The molecule has 3 nitrogen and oxygen atoms in total. The largest absolute Gasteiger partial charge is 0.366 e. The van der Waals surface area contributed by atoms with Crippen LogP contribution in [0.4, 0.5) is 8.78 Å². The van der Waals surface area contributed by atoms with Gasteiger partial charge in [0.1, 0.15) is 0 Å². The molecule has 0 aromatic carbocycles. The highest BCUT2D eigenvalue weighted by molar-refractivity contribution is 5.92. The van der Waals surface area contributed by atoms with Gasteiger partial charge >= 0.3 is 0 Å². The monoisotopic (exact) mass is 186 g/mol. The number of hydrogen-bond donors (Lipinski definition) is 1. The van der Waals surface area contributed by atoms with Gasteiger partial charge in [0.05, 0.1) is 5.56 Å². The van der Waals surface area contributed by atoms with Crippen LogP contribution in [-0.4, -0.2) is 17.3 Å². The zero-order valence-corrected chi connectivity index (χ0v) is 6.71. The van der Waals surface area contributed by atoms with Gasteiger partial charge in [0.15, 0.2) is 0 Å². The Balaban J connectivity index is 2.85. The Labute approximate surface area is 73.6 Å². The maximum absolute atomic E-state index is 11.9. The summed E-state index contributed by atoms with van der Waals surface area (Å²) in [6, 6.07) is 1.32. The molecule has 2 N–H and O–H groups in total. The minimum Gasteiger partial charge on any atom is -0.366 e. The molecular formula is C8H8F2N2O. The molecule has 70 valence electrons. The summed E-state index contributed by atoms with van der Waals surface area (Å²) >= 11 is 0. The van der Waals surface area contributed by atoms with Crippen LogP contribution in [0, 0.1) is 0 Å². The molecule has 0 bridgehead atoms. The summed E-state index contributed by atoms with van der Waals surface area (Å²) in [6.45, 7) is 0. The number of alkyl halides is 2.